The van der Waals surface area contributed by atoms with Crippen LogP contribution in [0.2, 0.25) is 0 Å². The Balaban J connectivity index is 3.50. The lowest BCUT2D eigenvalue weighted by atomic mass is 10.1. The number of likely N-dealkylation sites (N-methyl/N-ethyl adjacent to an activating group) is 1. The maximum absolute atomic E-state index is 10.9. The molecule has 0 fully saturated rings. The van der Waals surface area contributed by atoms with Crippen LogP contribution in [-0.2, 0) is 4.79 Å². The Bertz CT molecular complexity index is 182. The van der Waals surface area contributed by atoms with Gasteiger partial charge in [-0.05, 0) is 26.8 Å². The van der Waals surface area contributed by atoms with Crippen LogP contribution >= 0.6 is 0 Å². The third kappa shape index (κ3) is 6.10. The molecule has 0 aliphatic carbocycles. The van der Waals surface area contributed by atoms with Crippen LogP contribution in [0.5, 0.6) is 0 Å². The van der Waals surface area contributed by atoms with Gasteiger partial charge in [0.15, 0.2) is 0 Å². The number of Topliss-reactive ketones (excluding diaryl/α,β-unsaturated/α-hetero) is 1. The second-order valence-electron chi connectivity index (χ2n) is 2.89. The number of ketones is 1. The summed E-state index contributed by atoms with van der Waals surface area (Å²) >= 11 is 0. The van der Waals surface area contributed by atoms with Crippen molar-refractivity contribution in [3.63, 3.8) is 0 Å². The highest BCUT2D eigenvalue weighted by molar-refractivity contribution is 5.81. The number of rotatable bonds is 6. The van der Waals surface area contributed by atoms with E-state index in [2.05, 4.69) is 10.6 Å². The van der Waals surface area contributed by atoms with Gasteiger partial charge in [0.1, 0.15) is 5.78 Å². The van der Waals surface area contributed by atoms with E-state index in [4.69, 9.17) is 5.73 Å². The highest BCUT2D eigenvalue weighted by atomic mass is 16.2. The first-order chi connectivity index (χ1) is 6.07. The van der Waals surface area contributed by atoms with Crippen LogP contribution in [0.3, 0.4) is 0 Å². The van der Waals surface area contributed by atoms with Crippen molar-refractivity contribution in [2.75, 3.05) is 13.6 Å². The molecule has 4 N–H and O–H groups in total. The summed E-state index contributed by atoms with van der Waals surface area (Å²) in [7, 11) is 1.74. The van der Waals surface area contributed by atoms with Crippen molar-refractivity contribution in [3.8, 4) is 0 Å². The average Bonchev–Trinajstić information content (AvgIpc) is 2.03. The predicted octanol–water partition coefficient (Wildman–Crippen LogP) is -0.388. The van der Waals surface area contributed by atoms with Gasteiger partial charge in [0, 0.05) is 6.54 Å². The monoisotopic (exact) mass is 187 g/mol. The number of nitrogens with one attached hydrogen (secondary N) is 2. The number of hydrogen-bond donors (Lipinski definition) is 3. The van der Waals surface area contributed by atoms with Crippen LogP contribution < -0.4 is 16.4 Å². The van der Waals surface area contributed by atoms with E-state index >= 15 is 0 Å². The first kappa shape index (κ1) is 11.9. The van der Waals surface area contributed by atoms with Gasteiger partial charge in [-0.25, -0.2) is 4.79 Å². The van der Waals surface area contributed by atoms with Crippen molar-refractivity contribution in [3.05, 3.63) is 0 Å². The van der Waals surface area contributed by atoms with Gasteiger partial charge >= 0.3 is 6.03 Å². The molecule has 0 aromatic carbocycles. The van der Waals surface area contributed by atoms with Crippen molar-refractivity contribution in [1.82, 2.24) is 10.6 Å². The Morgan fingerprint density at radius 3 is 2.46 bits per heavy atom. The molecule has 76 valence electrons. The summed E-state index contributed by atoms with van der Waals surface area (Å²) in [5, 5.41) is 5.36. The van der Waals surface area contributed by atoms with Gasteiger partial charge in [0.25, 0.3) is 0 Å². The zero-order chi connectivity index (χ0) is 10.3. The third-order valence-electron chi connectivity index (χ3n) is 1.81. The van der Waals surface area contributed by atoms with E-state index in [9.17, 15) is 9.59 Å². The summed E-state index contributed by atoms with van der Waals surface area (Å²) in [6.07, 6.45) is 1.46. The van der Waals surface area contributed by atoms with Crippen molar-refractivity contribution >= 4 is 11.8 Å². The van der Waals surface area contributed by atoms with Crippen molar-refractivity contribution in [2.24, 2.45) is 5.73 Å². The smallest absolute Gasteiger partial charge is 0.312 e. The summed E-state index contributed by atoms with van der Waals surface area (Å²) < 4.78 is 0. The zero-order valence-electron chi connectivity index (χ0n) is 8.09. The SMILES string of the molecule is CN[C@@H](CCCNC(N)=O)C(C)=O. The molecule has 0 aliphatic heterocycles. The minimum absolute atomic E-state index is 0.113. The fourth-order valence-electron chi connectivity index (χ4n) is 1.07. The summed E-state index contributed by atoms with van der Waals surface area (Å²) in [6, 6.07) is -0.640. The van der Waals surface area contributed by atoms with Gasteiger partial charge in [0.2, 0.25) is 0 Å². The number of hydrogen-bond acceptors (Lipinski definition) is 3. The number of urea groups is 1. The first-order valence-electron chi connectivity index (χ1n) is 4.29. The molecule has 0 radical (unpaired) electrons. The summed E-state index contributed by atoms with van der Waals surface area (Å²) in [6.45, 7) is 2.06. The molecule has 0 saturated carbocycles. The Morgan fingerprint density at radius 2 is 2.08 bits per heavy atom. The predicted molar refractivity (Wildman–Crippen MR) is 50.3 cm³/mol. The third-order valence-corrected chi connectivity index (χ3v) is 1.81. The number of amides is 2. The standard InChI is InChI=1S/C8H17N3O2/c1-6(12)7(10-2)4-3-5-11-8(9)13/h7,10H,3-5H2,1-2H3,(H3,9,11,13)/t7-/m0/s1. The van der Waals surface area contributed by atoms with Crippen LogP contribution in [-0.4, -0.2) is 31.4 Å². The molecule has 0 aliphatic rings. The van der Waals surface area contributed by atoms with E-state index in [0.29, 0.717) is 13.0 Å². The Hall–Kier alpha value is -1.10. The van der Waals surface area contributed by atoms with E-state index in [-0.39, 0.29) is 11.8 Å². The molecule has 0 saturated heterocycles. The van der Waals surface area contributed by atoms with Crippen LogP contribution in [0.1, 0.15) is 19.8 Å². The van der Waals surface area contributed by atoms with Gasteiger partial charge in [-0.2, -0.15) is 0 Å². The second-order valence-corrected chi connectivity index (χ2v) is 2.89. The van der Waals surface area contributed by atoms with Crippen LogP contribution in [0.4, 0.5) is 4.79 Å². The highest BCUT2D eigenvalue weighted by Crippen LogP contribution is 1.96. The average molecular weight is 187 g/mol. The van der Waals surface area contributed by atoms with E-state index in [0.717, 1.165) is 6.42 Å². The molecule has 5 nitrogen and oxygen atoms in total. The molecule has 1 atom stereocenters. The van der Waals surface area contributed by atoms with Gasteiger partial charge in [0.05, 0.1) is 6.04 Å². The van der Waals surface area contributed by atoms with E-state index in [1.54, 1.807) is 14.0 Å². The minimum atomic E-state index is -0.524. The van der Waals surface area contributed by atoms with E-state index in [1.807, 2.05) is 0 Å². The summed E-state index contributed by atoms with van der Waals surface area (Å²) in [5.74, 6) is 0.113. The number of primary amides is 1. The Labute approximate surface area is 78.1 Å². The molecular formula is C8H17N3O2. The molecule has 0 rings (SSSR count). The molecule has 0 spiro atoms. The van der Waals surface area contributed by atoms with Crippen LogP contribution in [0, 0.1) is 0 Å². The van der Waals surface area contributed by atoms with Crippen LogP contribution in [0.15, 0.2) is 0 Å². The molecule has 0 unspecified atom stereocenters. The quantitative estimate of drug-likeness (QED) is 0.495. The lowest BCUT2D eigenvalue weighted by molar-refractivity contribution is -0.119. The molecule has 2 amide bonds. The molecule has 13 heavy (non-hydrogen) atoms. The number of nitrogens with two attached hydrogens (primary N) is 1. The molecule has 5 heteroatoms. The first-order valence-corrected chi connectivity index (χ1v) is 4.29. The lowest BCUT2D eigenvalue weighted by Gasteiger charge is -2.11. The largest absolute Gasteiger partial charge is 0.352 e. The fourth-order valence-corrected chi connectivity index (χ4v) is 1.07. The van der Waals surface area contributed by atoms with Crippen molar-refractivity contribution in [1.29, 1.82) is 0 Å². The highest BCUT2D eigenvalue weighted by Gasteiger charge is 2.09. The number of carbonyl (C=O) groups is 2. The Morgan fingerprint density at radius 1 is 1.46 bits per heavy atom. The topological polar surface area (TPSA) is 84.2 Å². The second kappa shape index (κ2) is 6.42. The fraction of sp³-hybridized carbons (Fsp3) is 0.750. The van der Waals surface area contributed by atoms with Gasteiger partial charge < -0.3 is 16.4 Å². The van der Waals surface area contributed by atoms with E-state index in [1.165, 1.54) is 0 Å². The summed E-state index contributed by atoms with van der Waals surface area (Å²) in [5.41, 5.74) is 4.87. The molecular weight excluding hydrogens is 170 g/mol. The van der Waals surface area contributed by atoms with Gasteiger partial charge in [-0.1, -0.05) is 0 Å². The lowest BCUT2D eigenvalue weighted by Crippen LogP contribution is -2.34. The maximum Gasteiger partial charge on any atom is 0.312 e. The molecule has 0 heterocycles. The van der Waals surface area contributed by atoms with Crippen LogP contribution in [0.25, 0.3) is 0 Å². The van der Waals surface area contributed by atoms with E-state index < -0.39 is 6.03 Å². The normalized spacial score (nSPS) is 12.2. The molecule has 0 aromatic heterocycles. The van der Waals surface area contributed by atoms with Crippen molar-refractivity contribution < 1.29 is 9.59 Å². The number of carbonyl (C=O) groups excluding carboxylic acids is 2. The molecule has 0 bridgehead atoms. The summed E-state index contributed by atoms with van der Waals surface area (Å²) in [4.78, 5) is 21.2. The Kier molecular flexibility index (Phi) is 5.88. The minimum Gasteiger partial charge on any atom is -0.352 e. The van der Waals surface area contributed by atoms with Gasteiger partial charge in [-0.15, -0.1) is 0 Å². The zero-order valence-corrected chi connectivity index (χ0v) is 8.09. The van der Waals surface area contributed by atoms with Crippen molar-refractivity contribution in [2.45, 2.75) is 25.8 Å². The maximum atomic E-state index is 10.9. The van der Waals surface area contributed by atoms with Gasteiger partial charge in [-0.3, -0.25) is 4.79 Å². The molecule has 0 aromatic rings.